The normalized spacial score (nSPS) is 17.3. The van der Waals surface area contributed by atoms with Crippen molar-refractivity contribution in [1.29, 1.82) is 0 Å². The molecule has 0 aromatic heterocycles. The van der Waals surface area contributed by atoms with Gasteiger partial charge in [-0.25, -0.2) is 8.42 Å². The van der Waals surface area contributed by atoms with E-state index in [9.17, 15) is 18.0 Å². The molecule has 1 aromatic carbocycles. The monoisotopic (exact) mass is 389 g/mol. The number of amides is 1. The zero-order valence-electron chi connectivity index (χ0n) is 13.5. The van der Waals surface area contributed by atoms with Crippen LogP contribution < -0.4 is 5.73 Å². The standard InChI is InChI=1S/C15H20ClN3O5S/c16-11-1-3-12(4-2-11)25(23,24)19-9-7-18(8-10-19)14(20)6-5-13(17)15(21)22/h1-4,13H,5-10,17H2,(H,21,22)/t13-/m0/s1. The van der Waals surface area contributed by atoms with Gasteiger partial charge in [0.1, 0.15) is 6.04 Å². The van der Waals surface area contributed by atoms with Crippen LogP contribution in [0.2, 0.25) is 5.02 Å². The Morgan fingerprint density at radius 2 is 1.72 bits per heavy atom. The molecular weight excluding hydrogens is 370 g/mol. The number of benzene rings is 1. The maximum Gasteiger partial charge on any atom is 0.320 e. The maximum atomic E-state index is 12.6. The average molecular weight is 390 g/mol. The van der Waals surface area contributed by atoms with Crippen LogP contribution in [0.25, 0.3) is 0 Å². The molecule has 2 rings (SSSR count). The minimum Gasteiger partial charge on any atom is -0.480 e. The van der Waals surface area contributed by atoms with Crippen molar-refractivity contribution in [1.82, 2.24) is 9.21 Å². The van der Waals surface area contributed by atoms with E-state index in [0.717, 1.165) is 0 Å². The lowest BCUT2D eigenvalue weighted by atomic mass is 10.1. The van der Waals surface area contributed by atoms with E-state index in [1.165, 1.54) is 33.5 Å². The number of carbonyl (C=O) groups is 2. The first kappa shape index (κ1) is 19.6. The van der Waals surface area contributed by atoms with Crippen LogP contribution in [0, 0.1) is 0 Å². The number of nitrogens with two attached hydrogens (primary N) is 1. The van der Waals surface area contributed by atoms with E-state index in [4.69, 9.17) is 22.4 Å². The molecule has 1 fully saturated rings. The molecule has 0 bridgehead atoms. The minimum absolute atomic E-state index is 0.0252. The predicted molar refractivity (Wildman–Crippen MR) is 91.6 cm³/mol. The number of nitrogens with zero attached hydrogens (tertiary/aromatic N) is 2. The zero-order valence-corrected chi connectivity index (χ0v) is 15.0. The molecule has 1 atom stereocenters. The van der Waals surface area contributed by atoms with Crippen molar-refractivity contribution in [2.45, 2.75) is 23.8 Å². The lowest BCUT2D eigenvalue weighted by molar-refractivity contribution is -0.139. The first-order chi connectivity index (χ1) is 11.7. The number of carboxylic acids is 1. The van der Waals surface area contributed by atoms with E-state index in [-0.39, 0.29) is 49.8 Å². The molecule has 1 heterocycles. The second-order valence-electron chi connectivity index (χ2n) is 5.72. The van der Waals surface area contributed by atoms with Crippen LogP contribution in [0.4, 0.5) is 0 Å². The molecule has 1 aliphatic rings. The third-order valence-electron chi connectivity index (χ3n) is 4.03. The van der Waals surface area contributed by atoms with E-state index in [1.54, 1.807) is 0 Å². The van der Waals surface area contributed by atoms with Crippen LogP contribution in [-0.4, -0.2) is 66.8 Å². The van der Waals surface area contributed by atoms with Crippen molar-refractivity contribution < 1.29 is 23.1 Å². The molecule has 1 aromatic rings. The average Bonchev–Trinajstić information content (AvgIpc) is 2.59. The fraction of sp³-hybridized carbons (Fsp3) is 0.467. The summed E-state index contributed by atoms with van der Waals surface area (Å²) < 4.78 is 26.4. The number of rotatable bonds is 6. The number of aliphatic carboxylic acids is 1. The summed E-state index contributed by atoms with van der Waals surface area (Å²) in [6.45, 7) is 0.880. The molecule has 10 heteroatoms. The fourth-order valence-corrected chi connectivity index (χ4v) is 4.04. The Kier molecular flexibility index (Phi) is 6.39. The van der Waals surface area contributed by atoms with Gasteiger partial charge in [-0.3, -0.25) is 9.59 Å². The van der Waals surface area contributed by atoms with Gasteiger partial charge in [0.15, 0.2) is 0 Å². The van der Waals surface area contributed by atoms with E-state index < -0.39 is 22.0 Å². The van der Waals surface area contributed by atoms with Crippen molar-refractivity contribution in [3.05, 3.63) is 29.3 Å². The number of hydrogen-bond acceptors (Lipinski definition) is 5. The van der Waals surface area contributed by atoms with Gasteiger partial charge in [-0.05, 0) is 30.7 Å². The minimum atomic E-state index is -3.63. The Balaban J connectivity index is 1.91. The van der Waals surface area contributed by atoms with Crippen molar-refractivity contribution >= 4 is 33.5 Å². The van der Waals surface area contributed by atoms with Gasteiger partial charge in [0, 0.05) is 37.6 Å². The molecule has 138 valence electrons. The third kappa shape index (κ3) is 4.91. The van der Waals surface area contributed by atoms with Gasteiger partial charge in [0.25, 0.3) is 0 Å². The Hall–Kier alpha value is -1.68. The van der Waals surface area contributed by atoms with Crippen molar-refractivity contribution in [2.24, 2.45) is 5.73 Å². The van der Waals surface area contributed by atoms with Gasteiger partial charge in [-0.15, -0.1) is 0 Å². The molecular formula is C15H20ClN3O5S. The number of carboxylic acid groups (broad SMARTS) is 1. The highest BCUT2D eigenvalue weighted by atomic mass is 35.5. The molecule has 1 aliphatic heterocycles. The van der Waals surface area contributed by atoms with E-state index in [1.807, 2.05) is 0 Å². The van der Waals surface area contributed by atoms with E-state index >= 15 is 0 Å². The van der Waals surface area contributed by atoms with Gasteiger partial charge in [-0.1, -0.05) is 11.6 Å². The van der Waals surface area contributed by atoms with Crippen LogP contribution in [0.5, 0.6) is 0 Å². The number of hydrogen-bond donors (Lipinski definition) is 2. The summed E-state index contributed by atoms with van der Waals surface area (Å²) in [4.78, 5) is 24.4. The van der Waals surface area contributed by atoms with Crippen molar-refractivity contribution in [3.8, 4) is 0 Å². The number of piperazine rings is 1. The molecule has 0 unspecified atom stereocenters. The number of sulfonamides is 1. The second kappa shape index (κ2) is 8.13. The number of carbonyl (C=O) groups excluding carboxylic acids is 1. The lowest BCUT2D eigenvalue weighted by Crippen LogP contribution is -2.50. The molecule has 0 aliphatic carbocycles. The van der Waals surface area contributed by atoms with Gasteiger partial charge in [-0.2, -0.15) is 4.31 Å². The fourth-order valence-electron chi connectivity index (χ4n) is 2.49. The van der Waals surface area contributed by atoms with Gasteiger partial charge >= 0.3 is 5.97 Å². The second-order valence-corrected chi connectivity index (χ2v) is 8.10. The van der Waals surface area contributed by atoms with Crippen molar-refractivity contribution in [3.63, 3.8) is 0 Å². The Morgan fingerprint density at radius 1 is 1.16 bits per heavy atom. The highest BCUT2D eigenvalue weighted by Gasteiger charge is 2.30. The number of halogens is 1. The lowest BCUT2D eigenvalue weighted by Gasteiger charge is -2.34. The zero-order chi connectivity index (χ0) is 18.6. The quantitative estimate of drug-likeness (QED) is 0.724. The molecule has 1 amide bonds. The van der Waals surface area contributed by atoms with Crippen LogP contribution in [0.15, 0.2) is 29.2 Å². The molecule has 1 saturated heterocycles. The largest absolute Gasteiger partial charge is 0.480 e. The highest BCUT2D eigenvalue weighted by Crippen LogP contribution is 2.20. The molecule has 0 spiro atoms. The summed E-state index contributed by atoms with van der Waals surface area (Å²) in [7, 11) is -3.63. The first-order valence-electron chi connectivity index (χ1n) is 7.73. The van der Waals surface area contributed by atoms with Crippen LogP contribution >= 0.6 is 11.6 Å². The van der Waals surface area contributed by atoms with Crippen molar-refractivity contribution in [2.75, 3.05) is 26.2 Å². The van der Waals surface area contributed by atoms with Crippen LogP contribution in [-0.2, 0) is 19.6 Å². The van der Waals surface area contributed by atoms with Crippen LogP contribution in [0.3, 0.4) is 0 Å². The highest BCUT2D eigenvalue weighted by molar-refractivity contribution is 7.89. The summed E-state index contributed by atoms with van der Waals surface area (Å²) in [5.41, 5.74) is 5.38. The molecule has 0 saturated carbocycles. The Labute approximate surface area is 151 Å². The summed E-state index contributed by atoms with van der Waals surface area (Å²) in [5, 5.41) is 9.18. The topological polar surface area (TPSA) is 121 Å². The van der Waals surface area contributed by atoms with Gasteiger partial charge in [0.05, 0.1) is 4.90 Å². The SMILES string of the molecule is N[C@@H](CCC(=O)N1CCN(S(=O)(=O)c2ccc(Cl)cc2)CC1)C(=O)O. The summed E-state index contributed by atoms with van der Waals surface area (Å²) in [6, 6.07) is 4.85. The van der Waals surface area contributed by atoms with Gasteiger partial charge in [0.2, 0.25) is 15.9 Å². The molecule has 3 N–H and O–H groups in total. The maximum absolute atomic E-state index is 12.6. The Bertz CT molecular complexity index is 730. The predicted octanol–water partition coefficient (Wildman–Crippen LogP) is 0.365. The third-order valence-corrected chi connectivity index (χ3v) is 6.19. The smallest absolute Gasteiger partial charge is 0.320 e. The molecule has 8 nitrogen and oxygen atoms in total. The molecule has 0 radical (unpaired) electrons. The summed E-state index contributed by atoms with van der Waals surface area (Å²) in [5.74, 6) is -1.37. The summed E-state index contributed by atoms with van der Waals surface area (Å²) >= 11 is 5.77. The van der Waals surface area contributed by atoms with E-state index in [2.05, 4.69) is 0 Å². The first-order valence-corrected chi connectivity index (χ1v) is 9.55. The summed E-state index contributed by atoms with van der Waals surface area (Å²) in [6.07, 6.45) is 0.0782. The van der Waals surface area contributed by atoms with Gasteiger partial charge < -0.3 is 15.7 Å². The molecule has 25 heavy (non-hydrogen) atoms. The van der Waals surface area contributed by atoms with Crippen LogP contribution in [0.1, 0.15) is 12.8 Å². The Morgan fingerprint density at radius 3 is 2.24 bits per heavy atom. The van der Waals surface area contributed by atoms with E-state index in [0.29, 0.717) is 5.02 Å².